The van der Waals surface area contributed by atoms with Gasteiger partial charge in [0.25, 0.3) is 0 Å². The van der Waals surface area contributed by atoms with Gasteiger partial charge in [-0.05, 0) is 20.9 Å². The molecule has 1 heterocycles. The first-order chi connectivity index (χ1) is 7.03. The molecule has 0 bridgehead atoms. The molecule has 1 amide bonds. The molecule has 1 fully saturated rings. The van der Waals surface area contributed by atoms with Gasteiger partial charge in [0.1, 0.15) is 6.10 Å². The molecular weight excluding hydrogens is 196 g/mol. The number of carbonyl (C=O) groups excluding carboxylic acids is 1. The van der Waals surface area contributed by atoms with E-state index in [1.54, 1.807) is 0 Å². The Hall–Kier alpha value is -0.650. The van der Waals surface area contributed by atoms with Crippen LogP contribution in [-0.2, 0) is 14.3 Å². The fourth-order valence-corrected chi connectivity index (χ4v) is 1.42. The minimum Gasteiger partial charge on any atom is -0.353 e. The van der Waals surface area contributed by atoms with Crippen molar-refractivity contribution in [2.24, 2.45) is 0 Å². The summed E-state index contributed by atoms with van der Waals surface area (Å²) in [5.41, 5.74) is 0. The predicted molar refractivity (Wildman–Crippen MR) is 56.5 cm³/mol. The molecule has 1 aliphatic heterocycles. The van der Waals surface area contributed by atoms with E-state index in [0.29, 0.717) is 26.1 Å². The van der Waals surface area contributed by atoms with Crippen molar-refractivity contribution in [3.05, 3.63) is 0 Å². The Kier molecular flexibility index (Phi) is 4.50. The lowest BCUT2D eigenvalue weighted by atomic mass is 10.3. The molecule has 0 spiro atoms. The van der Waals surface area contributed by atoms with E-state index in [9.17, 15) is 4.79 Å². The molecule has 1 unspecified atom stereocenters. The molecule has 1 atom stereocenters. The van der Waals surface area contributed by atoms with Crippen LogP contribution in [0.5, 0.6) is 0 Å². The quantitative estimate of drug-likeness (QED) is 0.672. The summed E-state index contributed by atoms with van der Waals surface area (Å²) in [6, 6.07) is 0. The van der Waals surface area contributed by atoms with Gasteiger partial charge in [0.15, 0.2) is 5.79 Å². The normalized spacial score (nSPS) is 24.1. The third-order valence-electron chi connectivity index (χ3n) is 2.20. The Morgan fingerprint density at radius 2 is 2.27 bits per heavy atom. The molecule has 1 saturated heterocycles. The van der Waals surface area contributed by atoms with Gasteiger partial charge in [-0.25, -0.2) is 0 Å². The van der Waals surface area contributed by atoms with Gasteiger partial charge in [-0.1, -0.05) is 0 Å². The number of amides is 1. The summed E-state index contributed by atoms with van der Waals surface area (Å²) in [7, 11) is 1.82. The van der Waals surface area contributed by atoms with Crippen molar-refractivity contribution < 1.29 is 14.3 Å². The lowest BCUT2D eigenvalue weighted by Crippen LogP contribution is -2.35. The van der Waals surface area contributed by atoms with E-state index in [-0.39, 0.29) is 12.0 Å². The van der Waals surface area contributed by atoms with Crippen molar-refractivity contribution >= 4 is 5.91 Å². The molecule has 1 aliphatic rings. The molecule has 5 heteroatoms. The summed E-state index contributed by atoms with van der Waals surface area (Å²) in [4.78, 5) is 11.3. The van der Waals surface area contributed by atoms with Crippen molar-refractivity contribution in [1.29, 1.82) is 0 Å². The second kappa shape index (κ2) is 5.44. The topological polar surface area (TPSA) is 59.6 Å². The molecule has 0 radical (unpaired) electrons. The smallest absolute Gasteiger partial charge is 0.221 e. The first-order valence-electron chi connectivity index (χ1n) is 5.26. The van der Waals surface area contributed by atoms with Gasteiger partial charge < -0.3 is 20.1 Å². The summed E-state index contributed by atoms with van der Waals surface area (Å²) < 4.78 is 10.9. The van der Waals surface area contributed by atoms with E-state index in [0.717, 1.165) is 0 Å². The Morgan fingerprint density at radius 3 is 2.80 bits per heavy atom. The molecule has 1 rings (SSSR count). The molecule has 0 aromatic heterocycles. The van der Waals surface area contributed by atoms with Crippen LogP contribution in [-0.4, -0.2) is 44.5 Å². The van der Waals surface area contributed by atoms with Crippen LogP contribution in [0.4, 0.5) is 0 Å². The van der Waals surface area contributed by atoms with Gasteiger partial charge in [0.2, 0.25) is 5.91 Å². The average Bonchev–Trinajstić information content (AvgIpc) is 2.52. The number of rotatable bonds is 5. The maximum absolute atomic E-state index is 11.3. The molecule has 15 heavy (non-hydrogen) atoms. The number of hydrogen-bond acceptors (Lipinski definition) is 4. The van der Waals surface area contributed by atoms with Crippen LogP contribution >= 0.6 is 0 Å². The average molecular weight is 216 g/mol. The van der Waals surface area contributed by atoms with Crippen molar-refractivity contribution in [3.8, 4) is 0 Å². The second-order valence-corrected chi connectivity index (χ2v) is 4.11. The third-order valence-corrected chi connectivity index (χ3v) is 2.20. The minimum atomic E-state index is -0.514. The van der Waals surface area contributed by atoms with Gasteiger partial charge in [0.05, 0.1) is 6.61 Å². The maximum atomic E-state index is 11.3. The number of hydrogen-bond donors (Lipinski definition) is 2. The molecule has 2 N–H and O–H groups in total. The molecule has 0 aliphatic carbocycles. The molecular formula is C10H20N2O3. The lowest BCUT2D eigenvalue weighted by molar-refractivity contribution is -0.139. The lowest BCUT2D eigenvalue weighted by Gasteiger charge is -2.17. The van der Waals surface area contributed by atoms with Crippen molar-refractivity contribution in [1.82, 2.24) is 10.6 Å². The summed E-state index contributed by atoms with van der Waals surface area (Å²) in [6.07, 6.45) is 0.464. The fraction of sp³-hybridized carbons (Fsp3) is 0.900. The minimum absolute atomic E-state index is 0.0291. The number of carbonyl (C=O) groups is 1. The van der Waals surface area contributed by atoms with Crippen molar-refractivity contribution in [3.63, 3.8) is 0 Å². The monoisotopic (exact) mass is 216 g/mol. The zero-order valence-electron chi connectivity index (χ0n) is 9.63. The zero-order chi connectivity index (χ0) is 11.3. The van der Waals surface area contributed by atoms with E-state index in [2.05, 4.69) is 10.6 Å². The highest BCUT2D eigenvalue weighted by Crippen LogP contribution is 2.21. The summed E-state index contributed by atoms with van der Waals surface area (Å²) >= 11 is 0. The SMILES string of the molecule is CNCCC(=O)NCC1COC(C)(C)O1. The highest BCUT2D eigenvalue weighted by molar-refractivity contribution is 5.76. The van der Waals surface area contributed by atoms with Gasteiger partial charge in [-0.3, -0.25) is 4.79 Å². The molecule has 0 aromatic carbocycles. The van der Waals surface area contributed by atoms with E-state index >= 15 is 0 Å². The second-order valence-electron chi connectivity index (χ2n) is 4.11. The van der Waals surface area contributed by atoms with Crippen LogP contribution in [0, 0.1) is 0 Å². The highest BCUT2D eigenvalue weighted by atomic mass is 16.7. The fourth-order valence-electron chi connectivity index (χ4n) is 1.42. The Balaban J connectivity index is 2.13. The Bertz CT molecular complexity index is 219. The van der Waals surface area contributed by atoms with E-state index < -0.39 is 5.79 Å². The zero-order valence-corrected chi connectivity index (χ0v) is 9.63. The largest absolute Gasteiger partial charge is 0.353 e. The first-order valence-corrected chi connectivity index (χ1v) is 5.26. The molecule has 88 valence electrons. The maximum Gasteiger partial charge on any atom is 0.221 e. The van der Waals surface area contributed by atoms with E-state index in [1.165, 1.54) is 0 Å². The van der Waals surface area contributed by atoms with Crippen LogP contribution in [0.3, 0.4) is 0 Å². The van der Waals surface area contributed by atoms with E-state index in [1.807, 2.05) is 20.9 Å². The van der Waals surface area contributed by atoms with Gasteiger partial charge >= 0.3 is 0 Å². The number of nitrogens with one attached hydrogen (secondary N) is 2. The van der Waals surface area contributed by atoms with Crippen LogP contribution in [0.15, 0.2) is 0 Å². The van der Waals surface area contributed by atoms with Gasteiger partial charge in [-0.15, -0.1) is 0 Å². The molecule has 0 saturated carbocycles. The molecule has 5 nitrogen and oxygen atoms in total. The van der Waals surface area contributed by atoms with Crippen LogP contribution < -0.4 is 10.6 Å². The summed E-state index contributed by atoms with van der Waals surface area (Å²) in [5, 5.41) is 5.74. The third kappa shape index (κ3) is 4.59. The van der Waals surface area contributed by atoms with Crippen LogP contribution in [0.25, 0.3) is 0 Å². The van der Waals surface area contributed by atoms with Crippen LogP contribution in [0.2, 0.25) is 0 Å². The van der Waals surface area contributed by atoms with E-state index in [4.69, 9.17) is 9.47 Å². The van der Waals surface area contributed by atoms with Crippen LogP contribution in [0.1, 0.15) is 20.3 Å². The van der Waals surface area contributed by atoms with Gasteiger partial charge in [-0.2, -0.15) is 0 Å². The summed E-state index contributed by atoms with van der Waals surface area (Å²) in [6.45, 7) is 5.50. The molecule has 0 aromatic rings. The number of ether oxygens (including phenoxy) is 2. The predicted octanol–water partition coefficient (Wildman–Crippen LogP) is -0.136. The standard InChI is InChI=1S/C10H20N2O3/c1-10(2)14-7-8(15-10)6-12-9(13)4-5-11-3/h8,11H,4-7H2,1-3H3,(H,12,13). The Labute approximate surface area is 90.5 Å². The van der Waals surface area contributed by atoms with Crippen molar-refractivity contribution in [2.75, 3.05) is 26.7 Å². The van der Waals surface area contributed by atoms with Crippen molar-refractivity contribution in [2.45, 2.75) is 32.2 Å². The Morgan fingerprint density at radius 1 is 1.53 bits per heavy atom. The summed E-state index contributed by atoms with van der Waals surface area (Å²) in [5.74, 6) is -0.474. The highest BCUT2D eigenvalue weighted by Gasteiger charge is 2.32. The first kappa shape index (κ1) is 12.4. The van der Waals surface area contributed by atoms with Gasteiger partial charge in [0, 0.05) is 19.5 Å².